The maximum Gasteiger partial charge on any atom is 0.0312 e. The minimum absolute atomic E-state index is 0.804. The molecule has 0 aromatic carbocycles. The fourth-order valence-corrected chi connectivity index (χ4v) is 3.17. The maximum atomic E-state index is 4.14. The van der Waals surface area contributed by atoms with Gasteiger partial charge in [-0.2, -0.15) is 0 Å². The van der Waals surface area contributed by atoms with E-state index in [1.54, 1.807) is 0 Å². The standard InChI is InChI=1S/C17H29N3/c1-3-15-6-8-17(9-7-15)20(2)12-11-19-14-16-5-4-10-18-13-16/h4-5,10,13,15,17,19H,3,6-9,11-12,14H2,1-2H3. The number of pyridine rings is 1. The van der Waals surface area contributed by atoms with Crippen LogP contribution in [0.4, 0.5) is 0 Å². The third kappa shape index (κ3) is 4.88. The average molecular weight is 275 g/mol. The van der Waals surface area contributed by atoms with Crippen molar-refractivity contribution in [2.24, 2.45) is 5.92 Å². The minimum Gasteiger partial charge on any atom is -0.311 e. The Balaban J connectivity index is 1.59. The van der Waals surface area contributed by atoms with Gasteiger partial charge in [-0.25, -0.2) is 0 Å². The summed E-state index contributed by atoms with van der Waals surface area (Å²) in [4.78, 5) is 6.68. The first kappa shape index (κ1) is 15.5. The summed E-state index contributed by atoms with van der Waals surface area (Å²) in [5.74, 6) is 0.989. The molecule has 1 N–H and O–H groups in total. The van der Waals surface area contributed by atoms with Gasteiger partial charge in [-0.15, -0.1) is 0 Å². The summed E-state index contributed by atoms with van der Waals surface area (Å²) in [6.45, 7) is 5.45. The number of hydrogen-bond acceptors (Lipinski definition) is 3. The van der Waals surface area contributed by atoms with Crippen molar-refractivity contribution in [2.45, 2.75) is 51.6 Å². The zero-order valence-electron chi connectivity index (χ0n) is 13.0. The number of nitrogens with one attached hydrogen (secondary N) is 1. The molecule has 0 amide bonds. The van der Waals surface area contributed by atoms with E-state index >= 15 is 0 Å². The molecule has 1 aliphatic rings. The highest BCUT2D eigenvalue weighted by atomic mass is 15.1. The molecular weight excluding hydrogens is 246 g/mol. The summed E-state index contributed by atoms with van der Waals surface area (Å²) in [5, 5.41) is 3.51. The highest BCUT2D eigenvalue weighted by molar-refractivity contribution is 5.07. The van der Waals surface area contributed by atoms with E-state index in [-0.39, 0.29) is 0 Å². The fraction of sp³-hybridized carbons (Fsp3) is 0.706. The van der Waals surface area contributed by atoms with Crippen LogP contribution in [0.1, 0.15) is 44.6 Å². The normalized spacial score (nSPS) is 23.1. The average Bonchev–Trinajstić information content (AvgIpc) is 2.52. The number of likely N-dealkylation sites (N-methyl/N-ethyl adjacent to an activating group) is 1. The van der Waals surface area contributed by atoms with Gasteiger partial charge >= 0.3 is 0 Å². The van der Waals surface area contributed by atoms with E-state index in [2.05, 4.69) is 35.2 Å². The molecule has 3 nitrogen and oxygen atoms in total. The Labute approximate surface area is 123 Å². The molecule has 1 aliphatic carbocycles. The second-order valence-corrected chi connectivity index (χ2v) is 6.10. The third-order valence-corrected chi connectivity index (χ3v) is 4.71. The van der Waals surface area contributed by atoms with Crippen molar-refractivity contribution < 1.29 is 0 Å². The predicted octanol–water partition coefficient (Wildman–Crippen LogP) is 3.07. The predicted molar refractivity (Wildman–Crippen MR) is 84.6 cm³/mol. The lowest BCUT2D eigenvalue weighted by Crippen LogP contribution is -2.39. The quantitative estimate of drug-likeness (QED) is 0.775. The Morgan fingerprint density at radius 1 is 1.30 bits per heavy atom. The number of hydrogen-bond donors (Lipinski definition) is 1. The molecule has 2 rings (SSSR count). The molecule has 0 atom stereocenters. The van der Waals surface area contributed by atoms with Crippen LogP contribution >= 0.6 is 0 Å². The van der Waals surface area contributed by atoms with Crippen LogP contribution in [0.2, 0.25) is 0 Å². The molecule has 1 saturated carbocycles. The molecule has 0 radical (unpaired) electrons. The van der Waals surface area contributed by atoms with E-state index in [4.69, 9.17) is 0 Å². The molecule has 0 bridgehead atoms. The molecule has 1 fully saturated rings. The van der Waals surface area contributed by atoms with Gasteiger partial charge < -0.3 is 10.2 Å². The van der Waals surface area contributed by atoms with Gasteiger partial charge in [-0.05, 0) is 50.3 Å². The summed E-state index contributed by atoms with van der Waals surface area (Å²) in [6.07, 6.45) is 10.7. The molecule has 3 heteroatoms. The summed E-state index contributed by atoms with van der Waals surface area (Å²) < 4.78 is 0. The second kappa shape index (κ2) is 8.38. The fourth-order valence-electron chi connectivity index (χ4n) is 3.17. The van der Waals surface area contributed by atoms with Crippen molar-refractivity contribution in [1.82, 2.24) is 15.2 Å². The van der Waals surface area contributed by atoms with Crippen LogP contribution in [-0.4, -0.2) is 36.1 Å². The van der Waals surface area contributed by atoms with Crippen molar-refractivity contribution in [2.75, 3.05) is 20.1 Å². The van der Waals surface area contributed by atoms with Gasteiger partial charge in [-0.1, -0.05) is 19.4 Å². The Morgan fingerprint density at radius 2 is 2.10 bits per heavy atom. The Bertz CT molecular complexity index is 358. The monoisotopic (exact) mass is 275 g/mol. The van der Waals surface area contributed by atoms with Gasteiger partial charge in [0.05, 0.1) is 0 Å². The van der Waals surface area contributed by atoms with Crippen LogP contribution in [0.25, 0.3) is 0 Å². The lowest BCUT2D eigenvalue weighted by Gasteiger charge is -2.34. The van der Waals surface area contributed by atoms with E-state index in [0.29, 0.717) is 0 Å². The molecule has 0 saturated heterocycles. The zero-order valence-corrected chi connectivity index (χ0v) is 13.0. The molecule has 1 aromatic heterocycles. The first-order valence-corrected chi connectivity index (χ1v) is 8.09. The molecule has 1 aromatic rings. The number of aromatic nitrogens is 1. The molecular formula is C17H29N3. The summed E-state index contributed by atoms with van der Waals surface area (Å²) in [5.41, 5.74) is 1.26. The van der Waals surface area contributed by atoms with Crippen LogP contribution in [0.15, 0.2) is 24.5 Å². The minimum atomic E-state index is 0.804. The summed E-state index contributed by atoms with van der Waals surface area (Å²) in [7, 11) is 2.28. The molecule has 0 unspecified atom stereocenters. The first-order chi connectivity index (χ1) is 9.79. The van der Waals surface area contributed by atoms with Gasteiger partial charge in [0.25, 0.3) is 0 Å². The van der Waals surface area contributed by atoms with E-state index in [1.165, 1.54) is 37.7 Å². The van der Waals surface area contributed by atoms with Crippen molar-refractivity contribution in [3.05, 3.63) is 30.1 Å². The van der Waals surface area contributed by atoms with Gasteiger partial charge in [0.1, 0.15) is 0 Å². The van der Waals surface area contributed by atoms with Gasteiger partial charge in [-0.3, -0.25) is 4.98 Å². The highest BCUT2D eigenvalue weighted by Gasteiger charge is 2.22. The smallest absolute Gasteiger partial charge is 0.0312 e. The van der Waals surface area contributed by atoms with Crippen LogP contribution < -0.4 is 5.32 Å². The zero-order chi connectivity index (χ0) is 14.2. The van der Waals surface area contributed by atoms with Crippen molar-refractivity contribution in [3.63, 3.8) is 0 Å². The Kier molecular flexibility index (Phi) is 6.48. The number of rotatable bonds is 7. The van der Waals surface area contributed by atoms with Crippen molar-refractivity contribution in [1.29, 1.82) is 0 Å². The number of nitrogens with zero attached hydrogens (tertiary/aromatic N) is 2. The van der Waals surface area contributed by atoms with Crippen LogP contribution in [0.3, 0.4) is 0 Å². The SMILES string of the molecule is CCC1CCC(N(C)CCNCc2cccnc2)CC1. The second-order valence-electron chi connectivity index (χ2n) is 6.10. The Hall–Kier alpha value is -0.930. The van der Waals surface area contributed by atoms with Crippen molar-refractivity contribution in [3.8, 4) is 0 Å². The summed E-state index contributed by atoms with van der Waals surface area (Å²) in [6, 6.07) is 4.92. The Morgan fingerprint density at radius 3 is 2.75 bits per heavy atom. The first-order valence-electron chi connectivity index (χ1n) is 8.09. The van der Waals surface area contributed by atoms with Crippen LogP contribution in [0, 0.1) is 5.92 Å². The topological polar surface area (TPSA) is 28.2 Å². The molecule has 112 valence electrons. The molecule has 0 spiro atoms. The van der Waals surface area contributed by atoms with Crippen LogP contribution in [0.5, 0.6) is 0 Å². The summed E-state index contributed by atoms with van der Waals surface area (Å²) >= 11 is 0. The van der Waals surface area contributed by atoms with E-state index in [9.17, 15) is 0 Å². The van der Waals surface area contributed by atoms with Gasteiger partial charge in [0.2, 0.25) is 0 Å². The van der Waals surface area contributed by atoms with Crippen LogP contribution in [-0.2, 0) is 6.54 Å². The molecule has 0 aliphatic heterocycles. The van der Waals surface area contributed by atoms with Crippen molar-refractivity contribution >= 4 is 0 Å². The maximum absolute atomic E-state index is 4.14. The highest BCUT2D eigenvalue weighted by Crippen LogP contribution is 2.28. The van der Waals surface area contributed by atoms with Gasteiger partial charge in [0, 0.05) is 38.1 Å². The molecule has 20 heavy (non-hydrogen) atoms. The van der Waals surface area contributed by atoms with E-state index in [1.807, 2.05) is 18.5 Å². The lowest BCUT2D eigenvalue weighted by atomic mass is 9.84. The molecule has 1 heterocycles. The largest absolute Gasteiger partial charge is 0.311 e. The van der Waals surface area contributed by atoms with E-state index < -0.39 is 0 Å². The van der Waals surface area contributed by atoms with Gasteiger partial charge in [0.15, 0.2) is 0 Å². The lowest BCUT2D eigenvalue weighted by molar-refractivity contribution is 0.164. The third-order valence-electron chi connectivity index (χ3n) is 4.71. The van der Waals surface area contributed by atoms with E-state index in [0.717, 1.165) is 31.6 Å².